The average molecular weight is 338 g/mol. The molecule has 0 bridgehead atoms. The molecule has 1 heterocycles. The Kier molecular flexibility index (Phi) is 7.00. The van der Waals surface area contributed by atoms with E-state index in [0.717, 1.165) is 0 Å². The van der Waals surface area contributed by atoms with Crippen LogP contribution in [0, 0.1) is 13.8 Å². The molecule has 0 unspecified atom stereocenters. The Morgan fingerprint density at radius 2 is 1.67 bits per heavy atom. The van der Waals surface area contributed by atoms with E-state index in [4.69, 9.17) is 9.47 Å². The summed E-state index contributed by atoms with van der Waals surface area (Å²) >= 11 is 0. The fourth-order valence-corrected chi connectivity index (χ4v) is 2.40. The van der Waals surface area contributed by atoms with E-state index < -0.39 is 11.9 Å². The van der Waals surface area contributed by atoms with Crippen molar-refractivity contribution in [2.75, 3.05) is 19.7 Å². The molecule has 7 nitrogen and oxygen atoms in total. The number of hydrogen-bond acceptors (Lipinski definition) is 5. The molecule has 0 atom stereocenters. The standard InChI is InChI=1S/C17H26N2O5/c1-7-19(8-2)13(20)9-23-17(22)15-11(5)14(12(6)18-15)16(21)24-10(3)4/h10,18H,7-9H2,1-6H3. The number of aromatic nitrogens is 1. The van der Waals surface area contributed by atoms with Crippen LogP contribution >= 0.6 is 0 Å². The van der Waals surface area contributed by atoms with Crippen molar-refractivity contribution in [3.8, 4) is 0 Å². The Labute approximate surface area is 142 Å². The highest BCUT2D eigenvalue weighted by molar-refractivity contribution is 5.99. The van der Waals surface area contributed by atoms with E-state index in [-0.39, 0.29) is 24.3 Å². The molecule has 1 amide bonds. The molecule has 0 radical (unpaired) electrons. The molecule has 1 rings (SSSR count). The largest absolute Gasteiger partial charge is 0.459 e. The molecule has 0 aromatic carbocycles. The number of hydrogen-bond donors (Lipinski definition) is 1. The van der Waals surface area contributed by atoms with Crippen molar-refractivity contribution in [3.05, 3.63) is 22.5 Å². The van der Waals surface area contributed by atoms with Crippen molar-refractivity contribution >= 4 is 17.8 Å². The first-order valence-electron chi connectivity index (χ1n) is 8.07. The molecular weight excluding hydrogens is 312 g/mol. The molecule has 1 N–H and O–H groups in total. The Balaban J connectivity index is 2.86. The van der Waals surface area contributed by atoms with Gasteiger partial charge in [0.25, 0.3) is 5.91 Å². The molecule has 24 heavy (non-hydrogen) atoms. The van der Waals surface area contributed by atoms with Gasteiger partial charge in [0.05, 0.1) is 11.7 Å². The van der Waals surface area contributed by atoms with Crippen molar-refractivity contribution in [2.45, 2.75) is 47.6 Å². The maximum absolute atomic E-state index is 12.2. The summed E-state index contributed by atoms with van der Waals surface area (Å²) in [5, 5.41) is 0. The third-order valence-corrected chi connectivity index (χ3v) is 3.63. The van der Waals surface area contributed by atoms with Gasteiger partial charge in [0, 0.05) is 18.8 Å². The zero-order chi connectivity index (χ0) is 18.4. The maximum Gasteiger partial charge on any atom is 0.355 e. The van der Waals surface area contributed by atoms with Crippen LogP contribution in [0.1, 0.15) is 59.8 Å². The number of esters is 2. The lowest BCUT2D eigenvalue weighted by Crippen LogP contribution is -2.34. The molecule has 0 aliphatic carbocycles. The number of carbonyl (C=O) groups excluding carboxylic acids is 3. The molecular formula is C17H26N2O5. The summed E-state index contributed by atoms with van der Waals surface area (Å²) in [6, 6.07) is 0. The molecule has 0 aliphatic heterocycles. The Morgan fingerprint density at radius 3 is 2.17 bits per heavy atom. The van der Waals surface area contributed by atoms with Gasteiger partial charge in [0.2, 0.25) is 0 Å². The topological polar surface area (TPSA) is 88.7 Å². The van der Waals surface area contributed by atoms with Gasteiger partial charge in [-0.2, -0.15) is 0 Å². The van der Waals surface area contributed by atoms with Crippen LogP contribution in [-0.2, 0) is 14.3 Å². The molecule has 1 aromatic rings. The van der Waals surface area contributed by atoms with Crippen molar-refractivity contribution in [2.24, 2.45) is 0 Å². The van der Waals surface area contributed by atoms with Crippen LogP contribution < -0.4 is 0 Å². The predicted molar refractivity (Wildman–Crippen MR) is 89.0 cm³/mol. The predicted octanol–water partition coefficient (Wildman–Crippen LogP) is 2.22. The summed E-state index contributed by atoms with van der Waals surface area (Å²) in [4.78, 5) is 40.6. The summed E-state index contributed by atoms with van der Waals surface area (Å²) < 4.78 is 10.2. The van der Waals surface area contributed by atoms with Gasteiger partial charge in [-0.05, 0) is 47.1 Å². The normalized spacial score (nSPS) is 10.6. The first kappa shape index (κ1) is 19.7. The van der Waals surface area contributed by atoms with Gasteiger partial charge in [-0.15, -0.1) is 0 Å². The number of carbonyl (C=O) groups is 3. The Bertz CT molecular complexity index is 615. The summed E-state index contributed by atoms with van der Waals surface area (Å²) in [5.74, 6) is -1.41. The van der Waals surface area contributed by atoms with Gasteiger partial charge in [0.1, 0.15) is 5.69 Å². The van der Waals surface area contributed by atoms with Crippen LogP contribution in [0.5, 0.6) is 0 Å². The Hall–Kier alpha value is -2.31. The number of rotatable bonds is 7. The molecule has 0 fully saturated rings. The highest BCUT2D eigenvalue weighted by Gasteiger charge is 2.25. The van der Waals surface area contributed by atoms with Gasteiger partial charge >= 0.3 is 11.9 Å². The number of amides is 1. The number of nitrogens with one attached hydrogen (secondary N) is 1. The van der Waals surface area contributed by atoms with E-state index >= 15 is 0 Å². The lowest BCUT2D eigenvalue weighted by molar-refractivity contribution is -0.134. The lowest BCUT2D eigenvalue weighted by Gasteiger charge is -2.18. The van der Waals surface area contributed by atoms with E-state index in [1.165, 1.54) is 0 Å². The maximum atomic E-state index is 12.2. The number of H-pyrrole nitrogens is 1. The van der Waals surface area contributed by atoms with Gasteiger partial charge < -0.3 is 19.4 Å². The second-order valence-corrected chi connectivity index (χ2v) is 5.72. The van der Waals surface area contributed by atoms with E-state index in [2.05, 4.69) is 4.98 Å². The van der Waals surface area contributed by atoms with Crippen LogP contribution in [-0.4, -0.2) is 53.5 Å². The number of aromatic amines is 1. The highest BCUT2D eigenvalue weighted by atomic mass is 16.5. The minimum atomic E-state index is -0.667. The van der Waals surface area contributed by atoms with Gasteiger partial charge in [0.15, 0.2) is 6.61 Å². The van der Waals surface area contributed by atoms with Gasteiger partial charge in [-0.3, -0.25) is 4.79 Å². The summed E-state index contributed by atoms with van der Waals surface area (Å²) in [6.45, 7) is 11.3. The smallest absolute Gasteiger partial charge is 0.355 e. The zero-order valence-corrected chi connectivity index (χ0v) is 15.2. The van der Waals surface area contributed by atoms with Crippen LogP contribution in [0.3, 0.4) is 0 Å². The molecule has 0 spiro atoms. The third kappa shape index (κ3) is 4.59. The molecule has 0 saturated carbocycles. The molecule has 134 valence electrons. The first-order chi connectivity index (χ1) is 11.2. The third-order valence-electron chi connectivity index (χ3n) is 3.63. The lowest BCUT2D eigenvalue weighted by atomic mass is 10.1. The first-order valence-corrected chi connectivity index (χ1v) is 8.07. The van der Waals surface area contributed by atoms with Crippen LogP contribution in [0.15, 0.2) is 0 Å². The molecule has 0 saturated heterocycles. The second kappa shape index (κ2) is 8.52. The van der Waals surface area contributed by atoms with Crippen molar-refractivity contribution < 1.29 is 23.9 Å². The minimum absolute atomic E-state index is 0.163. The molecule has 0 aliphatic rings. The highest BCUT2D eigenvalue weighted by Crippen LogP contribution is 2.20. The van der Waals surface area contributed by atoms with E-state index in [9.17, 15) is 14.4 Å². The summed E-state index contributed by atoms with van der Waals surface area (Å²) in [5.41, 5.74) is 1.47. The van der Waals surface area contributed by atoms with Crippen LogP contribution in [0.2, 0.25) is 0 Å². The zero-order valence-electron chi connectivity index (χ0n) is 15.2. The molecule has 7 heteroatoms. The minimum Gasteiger partial charge on any atom is -0.459 e. The van der Waals surface area contributed by atoms with E-state index in [0.29, 0.717) is 29.9 Å². The van der Waals surface area contributed by atoms with E-state index in [1.54, 1.807) is 32.6 Å². The van der Waals surface area contributed by atoms with Gasteiger partial charge in [-0.25, -0.2) is 9.59 Å². The average Bonchev–Trinajstić information content (AvgIpc) is 2.80. The number of likely N-dealkylation sites (N-methyl/N-ethyl adjacent to an activating group) is 1. The SMILES string of the molecule is CCN(CC)C(=O)COC(=O)c1[nH]c(C)c(C(=O)OC(C)C)c1C. The summed E-state index contributed by atoms with van der Waals surface area (Å²) in [6.07, 6.45) is -0.256. The fourth-order valence-electron chi connectivity index (χ4n) is 2.40. The fraction of sp³-hybridized carbons (Fsp3) is 0.588. The van der Waals surface area contributed by atoms with Gasteiger partial charge in [-0.1, -0.05) is 0 Å². The van der Waals surface area contributed by atoms with Crippen molar-refractivity contribution in [3.63, 3.8) is 0 Å². The van der Waals surface area contributed by atoms with Crippen molar-refractivity contribution in [1.82, 2.24) is 9.88 Å². The number of nitrogens with zero attached hydrogens (tertiary/aromatic N) is 1. The second-order valence-electron chi connectivity index (χ2n) is 5.72. The van der Waals surface area contributed by atoms with Crippen LogP contribution in [0.4, 0.5) is 0 Å². The Morgan fingerprint density at radius 1 is 1.08 bits per heavy atom. The summed E-state index contributed by atoms with van der Waals surface area (Å²) in [7, 11) is 0. The van der Waals surface area contributed by atoms with Crippen LogP contribution in [0.25, 0.3) is 0 Å². The monoisotopic (exact) mass is 338 g/mol. The van der Waals surface area contributed by atoms with Crippen molar-refractivity contribution in [1.29, 1.82) is 0 Å². The quantitative estimate of drug-likeness (QED) is 0.770. The van der Waals surface area contributed by atoms with E-state index in [1.807, 2.05) is 13.8 Å². The number of ether oxygens (including phenoxy) is 2. The number of aryl methyl sites for hydroxylation is 1. The molecule has 1 aromatic heterocycles.